The van der Waals surface area contributed by atoms with Crippen LogP contribution < -0.4 is 25.6 Å². The Kier molecular flexibility index (Phi) is 16.2. The van der Waals surface area contributed by atoms with Gasteiger partial charge in [-0.05, 0) is 104 Å². The van der Waals surface area contributed by atoms with Gasteiger partial charge in [0, 0.05) is 88.0 Å². The third kappa shape index (κ3) is 12.0. The fourth-order valence-corrected chi connectivity index (χ4v) is 14.1. The number of carbonyl (C=O) groups is 4. The highest BCUT2D eigenvalue weighted by Crippen LogP contribution is 2.42. The number of terminal acetylenes is 1. The number of phenols is 1. The molecule has 6 atom stereocenters. The van der Waals surface area contributed by atoms with Crippen LogP contribution in [0, 0.1) is 42.2 Å². The molecule has 2 bridgehead atoms. The van der Waals surface area contributed by atoms with E-state index in [-0.39, 0.29) is 95.8 Å². The number of hydrogen-bond acceptors (Lipinski definition) is 15. The summed E-state index contributed by atoms with van der Waals surface area (Å²) in [5.41, 5.74) is 1.31. The summed E-state index contributed by atoms with van der Waals surface area (Å²) in [6.45, 7) is 11.7. The smallest absolute Gasteiger partial charge is 0.319 e. The quantitative estimate of drug-likeness (QED) is 0.0629. The number of hydrogen-bond donors (Lipinski definition) is 5. The Labute approximate surface area is 501 Å². The van der Waals surface area contributed by atoms with E-state index >= 15 is 8.78 Å². The number of carbonyl (C=O) groups excluding carboxylic acids is 4. The molecule has 4 amide bonds. The third-order valence-corrected chi connectivity index (χ3v) is 19.2. The zero-order valence-electron chi connectivity index (χ0n) is 48.8. The molecule has 1 saturated carbocycles. The number of fused-ring (bicyclic) bond motifs is 4. The number of halogens is 3. The number of nitrogens with zero attached hydrogens (tertiary/aromatic N) is 8. The highest BCUT2D eigenvalue weighted by Gasteiger charge is 2.53. The third-order valence-electron chi connectivity index (χ3n) is 18.3. The Balaban J connectivity index is 0.701. The lowest BCUT2D eigenvalue weighted by atomic mass is 9.85. The molecule has 5 saturated heterocycles. The number of β-amino-alcohol motifs (C(OH)–C–C–N with tert-alkyl or cyclic N) is 1. The van der Waals surface area contributed by atoms with E-state index in [1.165, 1.54) is 46.7 Å². The molecule has 6 aliphatic rings. The van der Waals surface area contributed by atoms with E-state index in [0.29, 0.717) is 67.1 Å². The Morgan fingerprint density at radius 1 is 0.930 bits per heavy atom. The van der Waals surface area contributed by atoms with Crippen LogP contribution in [-0.2, 0) is 19.2 Å². The standard InChI is InChI=1S/C64H72F3N11O7S/c1-6-45-48(65)14-11-39-25-42(79)26-46(52(39)45)54-53(66)55-47(29-68-54)58(77-31-40-12-13-41(32-77)70-40)74-62(72-55)85-44-17-21-75(22-18-44)30-36-15-23-76(24-16-36)51(81)28-49(37-7-9-38(10-8-37)56-35(2)69-34-86-56)71-59(82)50-27-43(80)33-78(50)60(83)57(63(3,4)5)73-61(84)64(67)19-20-64/h1,7-11,14,25-26,29,34,36,40-41,43-44,49-50,57,70,79-80H,12-13,15-24,27-28,30-33H2,2-5H3,(H,71,82)(H,73,84)/t40?,41?,43?,49-,50?,57+/m0/s1. The minimum absolute atomic E-state index is 0.0124. The van der Waals surface area contributed by atoms with Crippen LogP contribution in [0.3, 0.4) is 0 Å². The van der Waals surface area contributed by atoms with Gasteiger partial charge in [-0.1, -0.05) is 57.0 Å². The first-order valence-electron chi connectivity index (χ1n) is 30.0. The number of likely N-dealkylation sites (tertiary alicyclic amines) is 3. The molecule has 6 fully saturated rings. The molecule has 1 aliphatic carbocycles. The minimum atomic E-state index is -2.02. The summed E-state index contributed by atoms with van der Waals surface area (Å²) in [6.07, 6.45) is 11.0. The number of benzene rings is 3. The predicted molar refractivity (Wildman–Crippen MR) is 320 cm³/mol. The maximum atomic E-state index is 17.3. The van der Waals surface area contributed by atoms with Crippen molar-refractivity contribution in [3.05, 3.63) is 88.7 Å². The lowest BCUT2D eigenvalue weighted by Gasteiger charge is -2.38. The van der Waals surface area contributed by atoms with Gasteiger partial charge in [-0.25, -0.2) is 18.2 Å². The minimum Gasteiger partial charge on any atom is -0.508 e. The van der Waals surface area contributed by atoms with Gasteiger partial charge in [-0.2, -0.15) is 9.97 Å². The van der Waals surface area contributed by atoms with E-state index in [1.807, 2.05) is 36.1 Å². The van der Waals surface area contributed by atoms with Crippen LogP contribution in [0.4, 0.5) is 19.0 Å². The number of ether oxygens (including phenoxy) is 1. The van der Waals surface area contributed by atoms with Crippen molar-refractivity contribution in [1.82, 2.24) is 50.6 Å². The molecule has 86 heavy (non-hydrogen) atoms. The van der Waals surface area contributed by atoms with Gasteiger partial charge in [0.25, 0.3) is 5.91 Å². The molecule has 22 heteroatoms. The van der Waals surface area contributed by atoms with Crippen molar-refractivity contribution in [3.63, 3.8) is 0 Å². The number of aromatic hydroxyl groups is 1. The van der Waals surface area contributed by atoms with Crippen LogP contribution in [0.2, 0.25) is 0 Å². The van der Waals surface area contributed by atoms with E-state index in [9.17, 15) is 33.8 Å². The van der Waals surface area contributed by atoms with Crippen LogP contribution in [0.15, 0.2) is 60.2 Å². The number of alkyl halides is 1. The van der Waals surface area contributed by atoms with Crippen molar-refractivity contribution in [1.29, 1.82) is 0 Å². The average Bonchev–Trinajstić information content (AvgIpc) is 1.18. The zero-order chi connectivity index (χ0) is 60.3. The van der Waals surface area contributed by atoms with E-state index in [0.717, 1.165) is 61.5 Å². The maximum absolute atomic E-state index is 17.3. The normalized spacial score (nSPS) is 22.4. The van der Waals surface area contributed by atoms with E-state index in [4.69, 9.17) is 21.1 Å². The summed E-state index contributed by atoms with van der Waals surface area (Å²) in [4.78, 5) is 83.4. The molecule has 0 spiro atoms. The number of anilines is 1. The molecule has 5 aliphatic heterocycles. The Morgan fingerprint density at radius 2 is 1.65 bits per heavy atom. The SMILES string of the molecule is C#Cc1c(F)ccc2cc(O)cc(-c3ncc4c(N5CC6CCC(C5)N6)nc(OC5CCN(CC6CCN(C(=O)C[C@H](NC(=O)C7CC(O)CN7C(=O)[C@@H](NC(=O)C7(F)CC7)C(C)(C)C)c7ccc(-c8scnc8C)cc7)CC6)CC5)nc4c3F)c12. The van der Waals surface area contributed by atoms with Crippen LogP contribution in [0.5, 0.6) is 11.8 Å². The van der Waals surface area contributed by atoms with Gasteiger partial charge >= 0.3 is 6.01 Å². The molecule has 12 rings (SSSR count). The molecular formula is C64H72F3N11O7S. The fourth-order valence-electron chi connectivity index (χ4n) is 13.3. The molecule has 0 radical (unpaired) electrons. The highest BCUT2D eigenvalue weighted by atomic mass is 32.1. The summed E-state index contributed by atoms with van der Waals surface area (Å²) in [7, 11) is 0. The topological polar surface area (TPSA) is 219 Å². The second-order valence-electron chi connectivity index (χ2n) is 25.4. The molecule has 8 heterocycles. The molecule has 6 aromatic rings. The highest BCUT2D eigenvalue weighted by molar-refractivity contribution is 7.13. The van der Waals surface area contributed by atoms with Gasteiger partial charge in [0.1, 0.15) is 46.8 Å². The number of nitrogens with one attached hydrogen (secondary N) is 3. The van der Waals surface area contributed by atoms with Crippen molar-refractivity contribution in [3.8, 4) is 45.8 Å². The van der Waals surface area contributed by atoms with Gasteiger partial charge in [-0.15, -0.1) is 17.8 Å². The Morgan fingerprint density at radius 3 is 2.31 bits per heavy atom. The molecule has 3 aromatic carbocycles. The number of piperidine rings is 2. The Bertz CT molecular complexity index is 3640. The number of thiazole rings is 1. The predicted octanol–water partition coefficient (Wildman–Crippen LogP) is 7.51. The number of rotatable bonds is 15. The average molecular weight is 1200 g/mol. The summed E-state index contributed by atoms with van der Waals surface area (Å²) >= 11 is 1.51. The fraction of sp³-hybridized carbons (Fsp3) is 0.500. The first-order chi connectivity index (χ1) is 41.2. The van der Waals surface area contributed by atoms with Crippen molar-refractivity contribution in [2.45, 2.75) is 140 Å². The monoisotopic (exact) mass is 1200 g/mol. The zero-order valence-corrected chi connectivity index (χ0v) is 49.6. The van der Waals surface area contributed by atoms with Crippen molar-refractivity contribution in [2.24, 2.45) is 11.3 Å². The largest absolute Gasteiger partial charge is 0.508 e. The summed E-state index contributed by atoms with van der Waals surface area (Å²) in [5.74, 6) is -0.516. The van der Waals surface area contributed by atoms with Gasteiger partial charge in [0.05, 0.1) is 45.6 Å². The van der Waals surface area contributed by atoms with Gasteiger partial charge in [0.15, 0.2) is 11.5 Å². The van der Waals surface area contributed by atoms with E-state index in [1.54, 1.807) is 26.3 Å². The van der Waals surface area contributed by atoms with Crippen LogP contribution in [0.1, 0.15) is 108 Å². The number of phenolic OH excluding ortho intramolecular Hbond substituents is 1. The van der Waals surface area contributed by atoms with Crippen molar-refractivity contribution < 1.29 is 47.3 Å². The number of piperazine rings is 1. The summed E-state index contributed by atoms with van der Waals surface area (Å²) in [5, 5.41) is 32.1. The van der Waals surface area contributed by atoms with E-state index in [2.05, 4.69) is 41.6 Å². The second kappa shape index (κ2) is 23.7. The van der Waals surface area contributed by atoms with Crippen molar-refractivity contribution >= 4 is 62.5 Å². The first kappa shape index (κ1) is 58.9. The first-order valence-corrected chi connectivity index (χ1v) is 30.8. The van der Waals surface area contributed by atoms with Crippen LogP contribution >= 0.6 is 11.3 Å². The summed E-state index contributed by atoms with van der Waals surface area (Å²) in [6, 6.07) is 10.6. The molecular weight excluding hydrogens is 1120 g/mol. The number of aliphatic hydroxyl groups excluding tert-OH is 1. The van der Waals surface area contributed by atoms with Crippen LogP contribution in [-0.4, -0.2) is 163 Å². The van der Waals surface area contributed by atoms with Crippen LogP contribution in [0.25, 0.3) is 43.4 Å². The number of aryl methyl sites for hydroxylation is 1. The molecule has 452 valence electrons. The number of pyridine rings is 1. The lowest BCUT2D eigenvalue weighted by Crippen LogP contribution is -2.59. The van der Waals surface area contributed by atoms with Gasteiger partial charge in [-0.3, -0.25) is 24.2 Å². The Hall–Kier alpha value is -7.45. The molecule has 5 N–H and O–H groups in total. The van der Waals surface area contributed by atoms with Gasteiger partial charge < -0.3 is 50.5 Å². The summed E-state index contributed by atoms with van der Waals surface area (Å²) < 4.78 is 53.8. The number of amides is 4. The maximum Gasteiger partial charge on any atom is 0.319 e. The number of aliphatic hydroxyl groups is 1. The molecule has 18 nitrogen and oxygen atoms in total. The van der Waals surface area contributed by atoms with Gasteiger partial charge in [0.2, 0.25) is 17.7 Å². The van der Waals surface area contributed by atoms with E-state index < -0.39 is 64.7 Å². The molecule has 3 aromatic heterocycles. The van der Waals surface area contributed by atoms with Crippen molar-refractivity contribution in [2.75, 3.05) is 57.3 Å². The second-order valence-corrected chi connectivity index (χ2v) is 26.3. The molecule has 4 unspecified atom stereocenters. The number of aromatic nitrogens is 4. The lowest BCUT2D eigenvalue weighted by molar-refractivity contribution is -0.145.